The van der Waals surface area contributed by atoms with Crippen molar-refractivity contribution in [2.24, 2.45) is 0 Å². The number of fused-ring (bicyclic) bond motifs is 3. The van der Waals surface area contributed by atoms with E-state index in [4.69, 9.17) is 9.72 Å². The smallest absolute Gasteiger partial charge is 0.195 e. The summed E-state index contributed by atoms with van der Waals surface area (Å²) in [4.78, 5) is 6.00. The first-order valence-electron chi connectivity index (χ1n) is 8.55. The van der Waals surface area contributed by atoms with E-state index in [9.17, 15) is 0 Å². The predicted molar refractivity (Wildman–Crippen MR) is 116 cm³/mol. The molecule has 0 fully saturated rings. The van der Waals surface area contributed by atoms with Crippen molar-refractivity contribution in [3.8, 4) is 28.3 Å². The number of halogens is 1. The van der Waals surface area contributed by atoms with Gasteiger partial charge in [-0.1, -0.05) is 57.6 Å². The van der Waals surface area contributed by atoms with Crippen LogP contribution in [0.25, 0.3) is 37.7 Å². The highest BCUT2D eigenvalue weighted by atomic mass is 79.9. The van der Waals surface area contributed by atoms with E-state index in [1.807, 2.05) is 18.2 Å². The molecule has 5 heteroatoms. The molecule has 3 nitrogen and oxygen atoms in total. The Kier molecular flexibility index (Phi) is 3.99. The lowest BCUT2D eigenvalue weighted by molar-refractivity contribution is 0.415. The van der Waals surface area contributed by atoms with Crippen LogP contribution in [0.4, 0.5) is 0 Å². The molecule has 5 rings (SSSR count). The summed E-state index contributed by atoms with van der Waals surface area (Å²) in [6.45, 7) is 0. The Morgan fingerprint density at radius 1 is 0.926 bits per heavy atom. The van der Waals surface area contributed by atoms with Crippen LogP contribution in [0.5, 0.6) is 5.75 Å². The standard InChI is InChI=1S/C22H15BrN2OS/c1-26-17-10-7-15(8-11-17)21-20(14-5-3-2-4-6-14)24-22-25(21)18-12-9-16(23)13-19(18)27-22/h2-13H,1H3. The Morgan fingerprint density at radius 2 is 1.70 bits per heavy atom. The molecule has 0 radical (unpaired) electrons. The highest BCUT2D eigenvalue weighted by molar-refractivity contribution is 9.10. The average molecular weight is 435 g/mol. The summed E-state index contributed by atoms with van der Waals surface area (Å²) in [5.74, 6) is 0.847. The minimum absolute atomic E-state index is 0.847. The van der Waals surface area contributed by atoms with Gasteiger partial charge in [0.15, 0.2) is 4.96 Å². The van der Waals surface area contributed by atoms with Crippen LogP contribution in [-0.4, -0.2) is 16.5 Å². The molecule has 2 aromatic heterocycles. The van der Waals surface area contributed by atoms with Gasteiger partial charge < -0.3 is 4.74 Å². The molecule has 0 spiro atoms. The molecule has 0 aliphatic carbocycles. The van der Waals surface area contributed by atoms with Crippen molar-refractivity contribution in [2.75, 3.05) is 7.11 Å². The molecule has 3 aromatic carbocycles. The average Bonchev–Trinajstić information content (AvgIpc) is 3.24. The molecule has 2 heterocycles. The van der Waals surface area contributed by atoms with E-state index < -0.39 is 0 Å². The SMILES string of the molecule is COc1ccc(-c2c(-c3ccccc3)nc3sc4cc(Br)ccc4n23)cc1. The van der Waals surface area contributed by atoms with Crippen molar-refractivity contribution in [3.05, 3.63) is 77.3 Å². The van der Waals surface area contributed by atoms with Crippen LogP contribution in [0.15, 0.2) is 77.3 Å². The molecule has 0 aliphatic rings. The number of rotatable bonds is 3. The highest BCUT2D eigenvalue weighted by Gasteiger charge is 2.19. The van der Waals surface area contributed by atoms with Crippen LogP contribution in [0, 0.1) is 0 Å². The number of hydrogen-bond donors (Lipinski definition) is 0. The third-order valence-electron chi connectivity index (χ3n) is 4.62. The largest absolute Gasteiger partial charge is 0.497 e. The lowest BCUT2D eigenvalue weighted by atomic mass is 10.0. The molecule has 0 saturated carbocycles. The molecule has 0 aliphatic heterocycles. The maximum Gasteiger partial charge on any atom is 0.195 e. The van der Waals surface area contributed by atoms with Crippen LogP contribution in [0.1, 0.15) is 0 Å². The fraction of sp³-hybridized carbons (Fsp3) is 0.0455. The number of imidazole rings is 1. The normalized spacial score (nSPS) is 11.3. The third kappa shape index (κ3) is 2.74. The summed E-state index contributed by atoms with van der Waals surface area (Å²) in [5, 5.41) is 0. The van der Waals surface area contributed by atoms with Gasteiger partial charge >= 0.3 is 0 Å². The van der Waals surface area contributed by atoms with Crippen molar-refractivity contribution in [1.29, 1.82) is 0 Å². The van der Waals surface area contributed by atoms with Gasteiger partial charge in [-0.15, -0.1) is 0 Å². The summed E-state index contributed by atoms with van der Waals surface area (Å²) >= 11 is 5.28. The molecule has 0 amide bonds. The van der Waals surface area contributed by atoms with Crippen LogP contribution < -0.4 is 4.74 Å². The summed E-state index contributed by atoms with van der Waals surface area (Å²) < 4.78 is 9.88. The Bertz CT molecular complexity index is 1260. The summed E-state index contributed by atoms with van der Waals surface area (Å²) in [6.07, 6.45) is 0. The lowest BCUT2D eigenvalue weighted by Gasteiger charge is -2.07. The van der Waals surface area contributed by atoms with Crippen LogP contribution in [-0.2, 0) is 0 Å². The maximum atomic E-state index is 5.33. The van der Waals surface area contributed by atoms with Gasteiger partial charge in [0.1, 0.15) is 5.75 Å². The molecule has 0 atom stereocenters. The zero-order chi connectivity index (χ0) is 18.4. The first-order chi connectivity index (χ1) is 13.2. The minimum Gasteiger partial charge on any atom is -0.497 e. The highest BCUT2D eigenvalue weighted by Crippen LogP contribution is 2.39. The monoisotopic (exact) mass is 434 g/mol. The predicted octanol–water partition coefficient (Wildman–Crippen LogP) is 6.65. The van der Waals surface area contributed by atoms with E-state index >= 15 is 0 Å². The molecule has 0 unspecified atom stereocenters. The van der Waals surface area contributed by atoms with Gasteiger partial charge in [0.2, 0.25) is 0 Å². The van der Waals surface area contributed by atoms with Crippen molar-refractivity contribution in [3.63, 3.8) is 0 Å². The second kappa shape index (κ2) is 6.51. The molecule has 0 N–H and O–H groups in total. The van der Waals surface area contributed by atoms with E-state index in [2.05, 4.69) is 74.9 Å². The molecule has 0 saturated heterocycles. The number of thiazole rings is 1. The van der Waals surface area contributed by atoms with Gasteiger partial charge in [0.25, 0.3) is 0 Å². The van der Waals surface area contributed by atoms with E-state index in [0.29, 0.717) is 0 Å². The molecule has 132 valence electrons. The van der Waals surface area contributed by atoms with Gasteiger partial charge in [-0.2, -0.15) is 0 Å². The molecule has 27 heavy (non-hydrogen) atoms. The van der Waals surface area contributed by atoms with E-state index in [1.54, 1.807) is 18.4 Å². The first-order valence-corrected chi connectivity index (χ1v) is 10.2. The zero-order valence-corrected chi connectivity index (χ0v) is 16.9. The van der Waals surface area contributed by atoms with Crippen molar-refractivity contribution in [2.45, 2.75) is 0 Å². The quantitative estimate of drug-likeness (QED) is 0.317. The Labute approximate surface area is 169 Å². The zero-order valence-electron chi connectivity index (χ0n) is 14.5. The van der Waals surface area contributed by atoms with Crippen LogP contribution in [0.2, 0.25) is 0 Å². The number of ether oxygens (including phenoxy) is 1. The second-order valence-corrected chi connectivity index (χ2v) is 8.16. The fourth-order valence-corrected chi connectivity index (χ4v) is 4.93. The van der Waals surface area contributed by atoms with Crippen LogP contribution in [0.3, 0.4) is 0 Å². The van der Waals surface area contributed by atoms with E-state index in [0.717, 1.165) is 37.7 Å². The summed E-state index contributed by atoms with van der Waals surface area (Å²) in [5.41, 5.74) is 5.50. The number of aromatic nitrogens is 2. The third-order valence-corrected chi connectivity index (χ3v) is 6.12. The van der Waals surface area contributed by atoms with Gasteiger partial charge in [-0.05, 0) is 42.5 Å². The minimum atomic E-state index is 0.847. The number of methoxy groups -OCH3 is 1. The Balaban J connectivity index is 1.86. The molecule has 5 aromatic rings. The second-order valence-electron chi connectivity index (χ2n) is 6.24. The van der Waals surface area contributed by atoms with Gasteiger partial charge in [-0.25, -0.2) is 4.98 Å². The Hall–Kier alpha value is -2.63. The first kappa shape index (κ1) is 16.5. The van der Waals surface area contributed by atoms with Crippen molar-refractivity contribution in [1.82, 2.24) is 9.38 Å². The topological polar surface area (TPSA) is 26.5 Å². The number of hydrogen-bond acceptors (Lipinski definition) is 3. The van der Waals surface area contributed by atoms with Gasteiger partial charge in [0.05, 0.1) is 28.7 Å². The summed E-state index contributed by atoms with van der Waals surface area (Å²) in [7, 11) is 1.69. The summed E-state index contributed by atoms with van der Waals surface area (Å²) in [6, 6.07) is 24.9. The van der Waals surface area contributed by atoms with Gasteiger partial charge in [-0.3, -0.25) is 4.40 Å². The maximum absolute atomic E-state index is 5.33. The van der Waals surface area contributed by atoms with E-state index in [1.165, 1.54) is 10.2 Å². The molecular weight excluding hydrogens is 420 g/mol. The fourth-order valence-electron chi connectivity index (χ4n) is 3.36. The van der Waals surface area contributed by atoms with Crippen molar-refractivity contribution >= 4 is 42.4 Å². The van der Waals surface area contributed by atoms with Gasteiger partial charge in [0, 0.05) is 15.6 Å². The number of benzene rings is 3. The van der Waals surface area contributed by atoms with E-state index in [-0.39, 0.29) is 0 Å². The molecule has 0 bridgehead atoms. The number of nitrogens with zero attached hydrogens (tertiary/aromatic N) is 2. The molecular formula is C22H15BrN2OS. The van der Waals surface area contributed by atoms with Crippen molar-refractivity contribution < 1.29 is 4.74 Å². The Morgan fingerprint density at radius 3 is 2.44 bits per heavy atom. The van der Waals surface area contributed by atoms with Crippen LogP contribution >= 0.6 is 27.3 Å². The lowest BCUT2D eigenvalue weighted by Crippen LogP contribution is -1.90.